The molecule has 128 valence electrons. The molecule has 24 heavy (non-hydrogen) atoms. The molecule has 0 aliphatic carbocycles. The second kappa shape index (κ2) is 7.51. The normalized spacial score (nSPS) is 15.7. The minimum Gasteiger partial charge on any atom is -0.491 e. The Morgan fingerprint density at radius 1 is 1.25 bits per heavy atom. The van der Waals surface area contributed by atoms with E-state index in [-0.39, 0.29) is 12.0 Å². The topological polar surface area (TPSA) is 47.4 Å². The monoisotopic (exact) mass is 327 g/mol. The third-order valence-corrected chi connectivity index (χ3v) is 4.40. The van der Waals surface area contributed by atoms with Crippen LogP contribution in [0.3, 0.4) is 0 Å². The Labute approximate surface area is 143 Å². The number of benzene rings is 1. The molecule has 0 atom stereocenters. The van der Waals surface area contributed by atoms with E-state index in [0.717, 1.165) is 43.8 Å². The van der Waals surface area contributed by atoms with Crippen molar-refractivity contribution in [2.45, 2.75) is 39.3 Å². The fourth-order valence-corrected chi connectivity index (χ4v) is 3.14. The third-order valence-electron chi connectivity index (χ3n) is 4.40. The number of nitrogens with zero attached hydrogens (tertiary/aromatic N) is 3. The molecule has 0 saturated carbocycles. The summed E-state index contributed by atoms with van der Waals surface area (Å²) in [5.41, 5.74) is 0.735. The van der Waals surface area contributed by atoms with Crippen LogP contribution in [-0.4, -0.2) is 39.6 Å². The Hall–Kier alpha value is -2.30. The number of hydrogen-bond donors (Lipinski definition) is 0. The van der Waals surface area contributed by atoms with E-state index in [1.165, 1.54) is 0 Å². The summed E-state index contributed by atoms with van der Waals surface area (Å²) >= 11 is 0. The average Bonchev–Trinajstić information content (AvgIpc) is 3.08. The molecule has 0 bridgehead atoms. The average molecular weight is 327 g/mol. The molecule has 1 aromatic carbocycles. The van der Waals surface area contributed by atoms with E-state index in [0.29, 0.717) is 5.92 Å². The number of ether oxygens (including phenoxy) is 1. The van der Waals surface area contributed by atoms with Gasteiger partial charge in [0.25, 0.3) is 5.91 Å². The summed E-state index contributed by atoms with van der Waals surface area (Å²) < 4.78 is 7.75. The fourth-order valence-electron chi connectivity index (χ4n) is 3.14. The van der Waals surface area contributed by atoms with Crippen LogP contribution in [0.1, 0.15) is 37.0 Å². The summed E-state index contributed by atoms with van der Waals surface area (Å²) in [6.45, 7) is 6.62. The van der Waals surface area contributed by atoms with Crippen LogP contribution >= 0.6 is 0 Å². The summed E-state index contributed by atoms with van der Waals surface area (Å²) in [6, 6.07) is 7.47. The van der Waals surface area contributed by atoms with Crippen LogP contribution < -0.4 is 4.74 Å². The van der Waals surface area contributed by atoms with Gasteiger partial charge in [-0.15, -0.1) is 0 Å². The Bertz CT molecular complexity index is 642. The third kappa shape index (κ3) is 4.16. The maximum absolute atomic E-state index is 12.6. The molecule has 1 fully saturated rings. The highest BCUT2D eigenvalue weighted by Gasteiger charge is 2.23. The lowest BCUT2D eigenvalue weighted by Crippen LogP contribution is -2.39. The molecule has 2 aromatic rings. The summed E-state index contributed by atoms with van der Waals surface area (Å²) in [5.74, 6) is 1.54. The zero-order chi connectivity index (χ0) is 16.9. The Balaban J connectivity index is 1.53. The summed E-state index contributed by atoms with van der Waals surface area (Å²) in [6.07, 6.45) is 7.89. The molecule has 1 aliphatic rings. The summed E-state index contributed by atoms with van der Waals surface area (Å²) in [7, 11) is 0. The first-order valence-electron chi connectivity index (χ1n) is 8.63. The number of hydrogen-bond acceptors (Lipinski definition) is 3. The molecule has 1 amide bonds. The van der Waals surface area contributed by atoms with Crippen molar-refractivity contribution in [2.24, 2.45) is 5.92 Å². The van der Waals surface area contributed by atoms with Gasteiger partial charge in [0.2, 0.25) is 0 Å². The van der Waals surface area contributed by atoms with Gasteiger partial charge in [0.1, 0.15) is 5.75 Å². The molecule has 0 unspecified atom stereocenters. The van der Waals surface area contributed by atoms with E-state index >= 15 is 0 Å². The van der Waals surface area contributed by atoms with Gasteiger partial charge in [-0.1, -0.05) is 0 Å². The van der Waals surface area contributed by atoms with Crippen molar-refractivity contribution >= 4 is 5.91 Å². The van der Waals surface area contributed by atoms with Gasteiger partial charge in [-0.25, -0.2) is 4.98 Å². The Morgan fingerprint density at radius 2 is 1.96 bits per heavy atom. The second-order valence-corrected chi connectivity index (χ2v) is 6.69. The van der Waals surface area contributed by atoms with E-state index in [9.17, 15) is 4.79 Å². The van der Waals surface area contributed by atoms with E-state index in [1.807, 2.05) is 61.7 Å². The smallest absolute Gasteiger partial charge is 0.253 e. The first-order chi connectivity index (χ1) is 11.6. The maximum atomic E-state index is 12.6. The number of aromatic nitrogens is 2. The van der Waals surface area contributed by atoms with Gasteiger partial charge in [-0.05, 0) is 56.9 Å². The number of carbonyl (C=O) groups excluding carboxylic acids is 1. The van der Waals surface area contributed by atoms with Crippen LogP contribution in [0.4, 0.5) is 0 Å². The zero-order valence-electron chi connectivity index (χ0n) is 14.4. The summed E-state index contributed by atoms with van der Waals surface area (Å²) in [4.78, 5) is 18.7. The van der Waals surface area contributed by atoms with Crippen molar-refractivity contribution < 1.29 is 9.53 Å². The van der Waals surface area contributed by atoms with E-state index < -0.39 is 0 Å². The van der Waals surface area contributed by atoms with Crippen LogP contribution in [0.15, 0.2) is 43.0 Å². The first-order valence-corrected chi connectivity index (χ1v) is 8.63. The molecule has 1 aliphatic heterocycles. The van der Waals surface area contributed by atoms with Crippen molar-refractivity contribution in [3.05, 3.63) is 48.5 Å². The minimum absolute atomic E-state index is 0.118. The van der Waals surface area contributed by atoms with Crippen LogP contribution in [0.2, 0.25) is 0 Å². The molecule has 0 spiro atoms. The lowest BCUT2D eigenvalue weighted by molar-refractivity contribution is 0.0683. The van der Waals surface area contributed by atoms with Gasteiger partial charge in [0.15, 0.2) is 0 Å². The van der Waals surface area contributed by atoms with Crippen LogP contribution in [0.25, 0.3) is 0 Å². The van der Waals surface area contributed by atoms with Gasteiger partial charge in [-0.3, -0.25) is 4.79 Å². The standard InChI is InChI=1S/C19H25N3O2/c1-15(2)24-18-5-3-17(4-6-18)19(23)22-10-7-16(8-11-22)13-21-12-9-20-14-21/h3-6,9,12,14-16H,7-8,10-11,13H2,1-2H3. The lowest BCUT2D eigenvalue weighted by atomic mass is 9.96. The van der Waals surface area contributed by atoms with Gasteiger partial charge >= 0.3 is 0 Å². The molecular formula is C19H25N3O2. The van der Waals surface area contributed by atoms with Crippen molar-refractivity contribution in [1.29, 1.82) is 0 Å². The van der Waals surface area contributed by atoms with E-state index in [2.05, 4.69) is 9.55 Å². The molecular weight excluding hydrogens is 302 g/mol. The molecule has 0 N–H and O–H groups in total. The number of carbonyl (C=O) groups is 1. The first kappa shape index (κ1) is 16.6. The van der Waals surface area contributed by atoms with E-state index in [1.54, 1.807) is 0 Å². The molecule has 5 heteroatoms. The molecule has 2 heterocycles. The quantitative estimate of drug-likeness (QED) is 0.847. The van der Waals surface area contributed by atoms with Crippen LogP contribution in [0, 0.1) is 5.92 Å². The van der Waals surface area contributed by atoms with Gasteiger partial charge < -0.3 is 14.2 Å². The summed E-state index contributed by atoms with van der Waals surface area (Å²) in [5, 5.41) is 0. The predicted molar refractivity (Wildman–Crippen MR) is 93.1 cm³/mol. The fraction of sp³-hybridized carbons (Fsp3) is 0.474. The number of rotatable bonds is 5. The molecule has 1 aromatic heterocycles. The predicted octanol–water partition coefficient (Wildman–Crippen LogP) is 3.22. The SMILES string of the molecule is CC(C)Oc1ccc(C(=O)N2CCC(Cn3ccnc3)CC2)cc1. The van der Waals surface area contributed by atoms with E-state index in [4.69, 9.17) is 4.74 Å². The Morgan fingerprint density at radius 3 is 2.54 bits per heavy atom. The molecule has 1 saturated heterocycles. The number of piperidine rings is 1. The number of likely N-dealkylation sites (tertiary alicyclic amines) is 1. The highest BCUT2D eigenvalue weighted by molar-refractivity contribution is 5.94. The van der Waals surface area contributed by atoms with Crippen molar-refractivity contribution in [3.63, 3.8) is 0 Å². The maximum Gasteiger partial charge on any atom is 0.253 e. The molecule has 0 radical (unpaired) electrons. The van der Waals surface area contributed by atoms with Gasteiger partial charge in [0, 0.05) is 37.6 Å². The highest BCUT2D eigenvalue weighted by atomic mass is 16.5. The minimum atomic E-state index is 0.118. The van der Waals surface area contributed by atoms with Crippen LogP contribution in [0.5, 0.6) is 5.75 Å². The Kier molecular flexibility index (Phi) is 5.18. The molecule has 5 nitrogen and oxygen atoms in total. The lowest BCUT2D eigenvalue weighted by Gasteiger charge is -2.32. The highest BCUT2D eigenvalue weighted by Crippen LogP contribution is 2.21. The molecule has 3 rings (SSSR count). The largest absolute Gasteiger partial charge is 0.491 e. The van der Waals surface area contributed by atoms with Crippen molar-refractivity contribution in [3.8, 4) is 5.75 Å². The van der Waals surface area contributed by atoms with Gasteiger partial charge in [-0.2, -0.15) is 0 Å². The number of amides is 1. The van der Waals surface area contributed by atoms with Crippen molar-refractivity contribution in [1.82, 2.24) is 14.5 Å². The zero-order valence-corrected chi connectivity index (χ0v) is 14.4. The van der Waals surface area contributed by atoms with Gasteiger partial charge in [0.05, 0.1) is 12.4 Å². The van der Waals surface area contributed by atoms with Crippen molar-refractivity contribution in [2.75, 3.05) is 13.1 Å². The second-order valence-electron chi connectivity index (χ2n) is 6.69. The number of imidazole rings is 1. The van der Waals surface area contributed by atoms with Crippen LogP contribution in [-0.2, 0) is 6.54 Å².